The van der Waals surface area contributed by atoms with Crippen molar-refractivity contribution >= 4 is 15.9 Å². The predicted octanol–water partition coefficient (Wildman–Crippen LogP) is 1.23. The molecule has 0 spiro atoms. The molecule has 1 amide bonds. The monoisotopic (exact) mass is 362 g/mol. The third kappa shape index (κ3) is 4.09. The molecule has 1 saturated heterocycles. The van der Waals surface area contributed by atoms with Gasteiger partial charge in [-0.05, 0) is 24.5 Å². The number of rotatable bonds is 6. The van der Waals surface area contributed by atoms with Crippen LogP contribution >= 0.6 is 0 Å². The Labute approximate surface area is 147 Å². The fourth-order valence-electron chi connectivity index (χ4n) is 2.84. The molecule has 7 nitrogen and oxygen atoms in total. The van der Waals surface area contributed by atoms with Crippen LogP contribution in [-0.2, 0) is 10.0 Å². The van der Waals surface area contributed by atoms with Crippen molar-refractivity contribution < 1.29 is 13.2 Å². The molecule has 1 aliphatic heterocycles. The van der Waals surface area contributed by atoms with Gasteiger partial charge >= 0.3 is 0 Å². The normalized spacial score (nSPS) is 16.1. The zero-order valence-electron chi connectivity index (χ0n) is 13.8. The van der Waals surface area contributed by atoms with Gasteiger partial charge in [0.1, 0.15) is 10.6 Å². The van der Waals surface area contributed by atoms with Crippen LogP contribution in [0.1, 0.15) is 34.9 Å². The van der Waals surface area contributed by atoms with Gasteiger partial charge < -0.3 is 15.6 Å². The first-order valence-electron chi connectivity index (χ1n) is 8.25. The maximum atomic E-state index is 12.4. The Kier molecular flexibility index (Phi) is 5.22. The maximum Gasteiger partial charge on any atom is 0.270 e. The zero-order chi connectivity index (χ0) is 17.9. The minimum atomic E-state index is -3.73. The summed E-state index contributed by atoms with van der Waals surface area (Å²) in [4.78, 5) is 16.8. The molecule has 2 aromatic rings. The second kappa shape index (κ2) is 7.38. The van der Waals surface area contributed by atoms with Crippen LogP contribution in [0.15, 0.2) is 47.5 Å². The van der Waals surface area contributed by atoms with Gasteiger partial charge in [-0.25, -0.2) is 13.1 Å². The van der Waals surface area contributed by atoms with Gasteiger partial charge in [0.05, 0.1) is 0 Å². The lowest BCUT2D eigenvalue weighted by molar-refractivity contribution is 0.0787. The molecule has 2 heterocycles. The number of carbonyl (C=O) groups is 1. The summed E-state index contributed by atoms with van der Waals surface area (Å²) in [6.07, 6.45) is 3.30. The Bertz CT molecular complexity index is 827. The van der Waals surface area contributed by atoms with Gasteiger partial charge in [-0.2, -0.15) is 0 Å². The third-order valence-corrected chi connectivity index (χ3v) is 5.71. The van der Waals surface area contributed by atoms with Crippen LogP contribution < -0.4 is 10.5 Å². The van der Waals surface area contributed by atoms with E-state index in [1.807, 2.05) is 30.3 Å². The lowest BCUT2D eigenvalue weighted by Gasteiger charge is -2.13. The number of amides is 1. The van der Waals surface area contributed by atoms with Crippen LogP contribution in [0, 0.1) is 0 Å². The van der Waals surface area contributed by atoms with Gasteiger partial charge in [-0.15, -0.1) is 0 Å². The van der Waals surface area contributed by atoms with Gasteiger partial charge in [0.25, 0.3) is 5.91 Å². The summed E-state index contributed by atoms with van der Waals surface area (Å²) < 4.78 is 27.3. The van der Waals surface area contributed by atoms with Crippen LogP contribution in [-0.4, -0.2) is 43.8 Å². The van der Waals surface area contributed by atoms with Gasteiger partial charge in [-0.3, -0.25) is 4.79 Å². The lowest BCUT2D eigenvalue weighted by atomic mass is 10.1. The van der Waals surface area contributed by atoms with Crippen molar-refractivity contribution in [3.8, 4) is 0 Å². The fraction of sp³-hybridized carbons (Fsp3) is 0.353. The topological polar surface area (TPSA) is 108 Å². The van der Waals surface area contributed by atoms with Crippen molar-refractivity contribution in [2.45, 2.75) is 23.8 Å². The number of likely N-dealkylation sites (tertiary alicyclic amines) is 1. The van der Waals surface area contributed by atoms with E-state index in [1.54, 1.807) is 4.90 Å². The minimum Gasteiger partial charge on any atom is -0.356 e. The Morgan fingerprint density at radius 2 is 1.92 bits per heavy atom. The number of H-pyrrole nitrogens is 1. The number of hydrogen-bond acceptors (Lipinski definition) is 4. The number of nitrogens with zero attached hydrogens (tertiary/aromatic N) is 1. The van der Waals surface area contributed by atoms with Crippen LogP contribution in [0.25, 0.3) is 0 Å². The molecule has 1 aliphatic rings. The number of aromatic nitrogens is 1. The van der Waals surface area contributed by atoms with E-state index in [4.69, 9.17) is 5.73 Å². The summed E-state index contributed by atoms with van der Waals surface area (Å²) in [6.45, 7) is 1.50. The second-order valence-electron chi connectivity index (χ2n) is 6.12. The molecule has 1 aromatic carbocycles. The van der Waals surface area contributed by atoms with E-state index < -0.39 is 16.1 Å². The van der Waals surface area contributed by atoms with E-state index in [0.717, 1.165) is 18.4 Å². The quantitative estimate of drug-likeness (QED) is 0.718. The summed E-state index contributed by atoms with van der Waals surface area (Å²) in [7, 11) is -3.73. The van der Waals surface area contributed by atoms with E-state index in [0.29, 0.717) is 13.1 Å². The molecule has 3 rings (SSSR count). The minimum absolute atomic E-state index is 0.0373. The number of aromatic amines is 1. The van der Waals surface area contributed by atoms with Gasteiger partial charge in [-0.1, -0.05) is 30.3 Å². The van der Waals surface area contributed by atoms with Crippen molar-refractivity contribution in [3.05, 3.63) is 53.9 Å². The Hall–Kier alpha value is -2.16. The van der Waals surface area contributed by atoms with Crippen molar-refractivity contribution in [2.75, 3.05) is 19.6 Å². The molecule has 4 N–H and O–H groups in total. The largest absolute Gasteiger partial charge is 0.356 e. The standard InChI is InChI=1S/C17H22N4O3S/c18-15(13-6-2-1-3-7-13)12-20-25(23,24)14-10-16(19-11-14)17(22)21-8-4-5-9-21/h1-3,6-7,10-11,15,19-20H,4-5,8-9,12,18H2. The Balaban J connectivity index is 1.65. The zero-order valence-corrected chi connectivity index (χ0v) is 14.6. The molecule has 134 valence electrons. The van der Waals surface area contributed by atoms with Crippen LogP contribution in [0.5, 0.6) is 0 Å². The SMILES string of the molecule is NC(CNS(=O)(=O)c1c[nH]c(C(=O)N2CCCC2)c1)c1ccccc1. The molecule has 0 bridgehead atoms. The number of nitrogens with one attached hydrogen (secondary N) is 2. The number of nitrogens with two attached hydrogens (primary N) is 1. The van der Waals surface area contributed by atoms with Gasteiger partial charge in [0.2, 0.25) is 10.0 Å². The summed E-state index contributed by atoms with van der Waals surface area (Å²) >= 11 is 0. The van der Waals surface area contributed by atoms with Crippen molar-refractivity contribution in [1.29, 1.82) is 0 Å². The van der Waals surface area contributed by atoms with Gasteiger partial charge in [0, 0.05) is 31.9 Å². The van der Waals surface area contributed by atoms with E-state index in [9.17, 15) is 13.2 Å². The van der Waals surface area contributed by atoms with E-state index in [1.165, 1.54) is 12.3 Å². The highest BCUT2D eigenvalue weighted by molar-refractivity contribution is 7.89. The molecule has 8 heteroatoms. The molecular formula is C17H22N4O3S. The summed E-state index contributed by atoms with van der Waals surface area (Å²) in [5.41, 5.74) is 7.16. The second-order valence-corrected chi connectivity index (χ2v) is 7.88. The predicted molar refractivity (Wildman–Crippen MR) is 94.5 cm³/mol. The van der Waals surface area contributed by atoms with Crippen molar-refractivity contribution in [2.24, 2.45) is 5.73 Å². The molecule has 0 saturated carbocycles. The van der Waals surface area contributed by atoms with Crippen molar-refractivity contribution in [3.63, 3.8) is 0 Å². The summed E-state index contributed by atoms with van der Waals surface area (Å²) in [5.74, 6) is -0.167. The first kappa shape index (κ1) is 17.7. The summed E-state index contributed by atoms with van der Waals surface area (Å²) in [5, 5.41) is 0. The molecule has 0 aliphatic carbocycles. The number of sulfonamides is 1. The highest BCUT2D eigenvalue weighted by atomic mass is 32.2. The number of hydrogen-bond donors (Lipinski definition) is 3. The highest BCUT2D eigenvalue weighted by Crippen LogP contribution is 2.16. The third-order valence-electron chi connectivity index (χ3n) is 4.31. The first-order valence-corrected chi connectivity index (χ1v) is 9.73. The first-order chi connectivity index (χ1) is 12.0. The maximum absolute atomic E-state index is 12.4. The fourth-order valence-corrected chi connectivity index (χ4v) is 3.90. The average Bonchev–Trinajstić information content (AvgIpc) is 3.31. The van der Waals surface area contributed by atoms with Crippen LogP contribution in [0.2, 0.25) is 0 Å². The van der Waals surface area contributed by atoms with Crippen LogP contribution in [0.4, 0.5) is 0 Å². The van der Waals surface area contributed by atoms with E-state index >= 15 is 0 Å². The average molecular weight is 362 g/mol. The van der Waals surface area contributed by atoms with E-state index in [2.05, 4.69) is 9.71 Å². The van der Waals surface area contributed by atoms with Crippen LogP contribution in [0.3, 0.4) is 0 Å². The molecule has 0 radical (unpaired) electrons. The number of carbonyl (C=O) groups excluding carboxylic acids is 1. The molecule has 1 unspecified atom stereocenters. The van der Waals surface area contributed by atoms with E-state index in [-0.39, 0.29) is 23.0 Å². The Morgan fingerprint density at radius 3 is 2.60 bits per heavy atom. The molecule has 1 atom stereocenters. The lowest BCUT2D eigenvalue weighted by Crippen LogP contribution is -2.31. The number of benzene rings is 1. The van der Waals surface area contributed by atoms with Crippen molar-refractivity contribution in [1.82, 2.24) is 14.6 Å². The summed E-state index contributed by atoms with van der Waals surface area (Å²) in [6, 6.07) is 10.2. The molecule has 25 heavy (non-hydrogen) atoms. The molecular weight excluding hydrogens is 340 g/mol. The molecule has 1 fully saturated rings. The van der Waals surface area contributed by atoms with Gasteiger partial charge in [0.15, 0.2) is 0 Å². The highest BCUT2D eigenvalue weighted by Gasteiger charge is 2.24. The molecule has 1 aromatic heterocycles. The smallest absolute Gasteiger partial charge is 0.270 e. The Morgan fingerprint density at radius 1 is 1.24 bits per heavy atom.